The van der Waals surface area contributed by atoms with Crippen molar-refractivity contribution in [1.82, 2.24) is 9.03 Å². The third kappa shape index (κ3) is 6.00. The molecular weight excluding hydrogens is 392 g/mol. The van der Waals surface area contributed by atoms with Gasteiger partial charge in [-0.15, -0.1) is 0 Å². The molecule has 1 heterocycles. The summed E-state index contributed by atoms with van der Waals surface area (Å²) in [5, 5.41) is 0. The first-order chi connectivity index (χ1) is 12.8. The molecule has 0 aromatic heterocycles. The molecule has 152 valence electrons. The minimum absolute atomic E-state index is 0.0174. The molecule has 1 aromatic rings. The number of benzene rings is 1. The van der Waals surface area contributed by atoms with Crippen molar-refractivity contribution in [1.29, 1.82) is 0 Å². The number of esters is 1. The van der Waals surface area contributed by atoms with E-state index in [0.29, 0.717) is 19.5 Å². The SMILES string of the molecule is CCOC(=O)CCCNS(=O)(=O)c1ccc(S(=O)(=O)N2CCCCC2)cc1. The highest BCUT2D eigenvalue weighted by Crippen LogP contribution is 2.21. The Balaban J connectivity index is 1.97. The standard InChI is InChI=1S/C17H26N2O6S2/c1-2-25-17(20)7-6-12-18-26(21,22)15-8-10-16(11-9-15)27(23,24)19-13-4-3-5-14-19/h8-11,18H,2-7,12-14H2,1H3. The number of ether oxygens (including phenoxy) is 1. The highest BCUT2D eigenvalue weighted by atomic mass is 32.2. The number of sulfonamides is 2. The van der Waals surface area contributed by atoms with E-state index in [1.165, 1.54) is 28.6 Å². The fourth-order valence-corrected chi connectivity index (χ4v) is 5.39. The summed E-state index contributed by atoms with van der Waals surface area (Å²) >= 11 is 0. The second-order valence-corrected chi connectivity index (χ2v) is 9.95. The van der Waals surface area contributed by atoms with Gasteiger partial charge in [0, 0.05) is 26.1 Å². The Hall–Kier alpha value is -1.49. The van der Waals surface area contributed by atoms with Crippen LogP contribution < -0.4 is 4.72 Å². The molecule has 0 atom stereocenters. The third-order valence-corrected chi connectivity index (χ3v) is 7.63. The Morgan fingerprint density at radius 1 is 1.04 bits per heavy atom. The van der Waals surface area contributed by atoms with Gasteiger partial charge in [-0.1, -0.05) is 6.42 Å². The van der Waals surface area contributed by atoms with Gasteiger partial charge in [0.2, 0.25) is 20.0 Å². The number of hydrogen-bond acceptors (Lipinski definition) is 6. The molecule has 1 aliphatic rings. The normalized spacial score (nSPS) is 16.2. The van der Waals surface area contributed by atoms with Crippen LogP contribution in [0.25, 0.3) is 0 Å². The summed E-state index contributed by atoms with van der Waals surface area (Å²) in [4.78, 5) is 11.3. The molecule has 8 nitrogen and oxygen atoms in total. The fraction of sp³-hybridized carbons (Fsp3) is 0.588. The number of carbonyl (C=O) groups excluding carboxylic acids is 1. The van der Waals surface area contributed by atoms with Crippen LogP contribution in [-0.2, 0) is 29.6 Å². The van der Waals surface area contributed by atoms with E-state index in [0.717, 1.165) is 19.3 Å². The van der Waals surface area contributed by atoms with Crippen molar-refractivity contribution >= 4 is 26.0 Å². The Morgan fingerprint density at radius 3 is 2.22 bits per heavy atom. The van der Waals surface area contributed by atoms with Crippen LogP contribution in [0.1, 0.15) is 39.0 Å². The van der Waals surface area contributed by atoms with Gasteiger partial charge in [0.1, 0.15) is 0 Å². The fourth-order valence-electron chi connectivity index (χ4n) is 2.80. The van der Waals surface area contributed by atoms with E-state index in [9.17, 15) is 21.6 Å². The minimum atomic E-state index is -3.77. The van der Waals surface area contributed by atoms with Gasteiger partial charge in [-0.05, 0) is 50.5 Å². The quantitative estimate of drug-likeness (QED) is 0.480. The highest BCUT2D eigenvalue weighted by Gasteiger charge is 2.26. The summed E-state index contributed by atoms with van der Waals surface area (Å²) in [5.41, 5.74) is 0. The van der Waals surface area contributed by atoms with E-state index in [1.54, 1.807) is 6.92 Å². The maximum atomic E-state index is 12.6. The van der Waals surface area contributed by atoms with Crippen LogP contribution in [0.15, 0.2) is 34.1 Å². The predicted octanol–water partition coefficient (Wildman–Crippen LogP) is 1.48. The monoisotopic (exact) mass is 418 g/mol. The molecule has 0 aliphatic carbocycles. The summed E-state index contributed by atoms with van der Waals surface area (Å²) in [7, 11) is -7.36. The van der Waals surface area contributed by atoms with Crippen LogP contribution in [0, 0.1) is 0 Å². The molecule has 10 heteroatoms. The zero-order valence-electron chi connectivity index (χ0n) is 15.4. The van der Waals surface area contributed by atoms with Gasteiger partial charge in [-0.3, -0.25) is 4.79 Å². The Bertz CT molecular complexity index is 829. The van der Waals surface area contributed by atoms with Crippen molar-refractivity contribution in [2.45, 2.75) is 48.8 Å². The lowest BCUT2D eigenvalue weighted by Crippen LogP contribution is -2.35. The Labute approximate surface area is 161 Å². The van der Waals surface area contributed by atoms with Gasteiger partial charge >= 0.3 is 5.97 Å². The summed E-state index contributed by atoms with van der Waals surface area (Å²) in [6.07, 6.45) is 3.14. The second kappa shape index (κ2) is 9.63. The van der Waals surface area contributed by atoms with E-state index in [4.69, 9.17) is 4.74 Å². The van der Waals surface area contributed by atoms with Gasteiger partial charge in [0.25, 0.3) is 0 Å². The van der Waals surface area contributed by atoms with E-state index >= 15 is 0 Å². The molecule has 0 radical (unpaired) electrons. The number of piperidine rings is 1. The van der Waals surface area contributed by atoms with Crippen LogP contribution in [0.5, 0.6) is 0 Å². The lowest BCUT2D eigenvalue weighted by molar-refractivity contribution is -0.143. The summed E-state index contributed by atoms with van der Waals surface area (Å²) in [6.45, 7) is 3.07. The topological polar surface area (TPSA) is 110 Å². The molecule has 2 rings (SSSR count). The van der Waals surface area contributed by atoms with Crippen LogP contribution in [0.2, 0.25) is 0 Å². The molecule has 1 aliphatic heterocycles. The van der Waals surface area contributed by atoms with Crippen LogP contribution in [-0.4, -0.2) is 53.4 Å². The summed E-state index contributed by atoms with van der Waals surface area (Å²) in [6, 6.07) is 5.20. The number of nitrogens with one attached hydrogen (secondary N) is 1. The average Bonchev–Trinajstić information content (AvgIpc) is 2.66. The van der Waals surface area contributed by atoms with E-state index in [2.05, 4.69) is 4.72 Å². The maximum absolute atomic E-state index is 12.6. The van der Waals surface area contributed by atoms with Crippen LogP contribution >= 0.6 is 0 Å². The van der Waals surface area contributed by atoms with Crippen molar-refractivity contribution in [3.05, 3.63) is 24.3 Å². The molecular formula is C17H26N2O6S2. The van der Waals surface area contributed by atoms with Crippen molar-refractivity contribution in [3.8, 4) is 0 Å². The Morgan fingerprint density at radius 2 is 1.63 bits per heavy atom. The largest absolute Gasteiger partial charge is 0.466 e. The number of rotatable bonds is 9. The van der Waals surface area contributed by atoms with E-state index < -0.39 is 20.0 Å². The van der Waals surface area contributed by atoms with Crippen molar-refractivity contribution in [2.75, 3.05) is 26.2 Å². The lowest BCUT2D eigenvalue weighted by atomic mass is 10.2. The number of nitrogens with zero attached hydrogens (tertiary/aromatic N) is 1. The number of carbonyl (C=O) groups is 1. The van der Waals surface area contributed by atoms with E-state index in [-0.39, 0.29) is 35.3 Å². The molecule has 1 saturated heterocycles. The van der Waals surface area contributed by atoms with Gasteiger partial charge in [-0.25, -0.2) is 21.6 Å². The maximum Gasteiger partial charge on any atom is 0.305 e. The predicted molar refractivity (Wildman–Crippen MR) is 100 cm³/mol. The second-order valence-electron chi connectivity index (χ2n) is 6.24. The van der Waals surface area contributed by atoms with E-state index in [1.807, 2.05) is 0 Å². The Kier molecular flexibility index (Phi) is 7.78. The first-order valence-corrected chi connectivity index (χ1v) is 11.9. The van der Waals surface area contributed by atoms with Crippen molar-refractivity contribution in [2.24, 2.45) is 0 Å². The van der Waals surface area contributed by atoms with Gasteiger partial charge in [0.15, 0.2) is 0 Å². The van der Waals surface area contributed by atoms with Gasteiger partial charge in [0.05, 0.1) is 16.4 Å². The number of hydrogen-bond donors (Lipinski definition) is 1. The zero-order valence-corrected chi connectivity index (χ0v) is 17.0. The highest BCUT2D eigenvalue weighted by molar-refractivity contribution is 7.89. The molecule has 0 spiro atoms. The van der Waals surface area contributed by atoms with Crippen molar-refractivity contribution < 1.29 is 26.4 Å². The molecule has 1 fully saturated rings. The smallest absolute Gasteiger partial charge is 0.305 e. The summed E-state index contributed by atoms with van der Waals surface area (Å²) in [5.74, 6) is -0.371. The molecule has 27 heavy (non-hydrogen) atoms. The molecule has 1 N–H and O–H groups in total. The van der Waals surface area contributed by atoms with Crippen LogP contribution in [0.3, 0.4) is 0 Å². The minimum Gasteiger partial charge on any atom is -0.466 e. The molecule has 1 aromatic carbocycles. The van der Waals surface area contributed by atoms with Crippen LogP contribution in [0.4, 0.5) is 0 Å². The molecule has 0 bridgehead atoms. The first kappa shape index (κ1) is 21.8. The summed E-state index contributed by atoms with van der Waals surface area (Å²) < 4.78 is 58.4. The third-order valence-electron chi connectivity index (χ3n) is 4.24. The molecule has 0 unspecified atom stereocenters. The molecule has 0 saturated carbocycles. The average molecular weight is 419 g/mol. The first-order valence-electron chi connectivity index (χ1n) is 9.03. The van der Waals surface area contributed by atoms with Gasteiger partial charge in [-0.2, -0.15) is 4.31 Å². The lowest BCUT2D eigenvalue weighted by Gasteiger charge is -2.25. The van der Waals surface area contributed by atoms with Gasteiger partial charge < -0.3 is 4.74 Å². The zero-order chi connectivity index (χ0) is 19.9. The molecule has 0 amide bonds. The van der Waals surface area contributed by atoms with Crippen molar-refractivity contribution in [3.63, 3.8) is 0 Å².